The van der Waals surface area contributed by atoms with E-state index in [-0.39, 0.29) is 34.4 Å². The van der Waals surface area contributed by atoms with Gasteiger partial charge in [-0.2, -0.15) is 5.26 Å². The number of hydrogen-bond donors (Lipinski definition) is 2. The van der Waals surface area contributed by atoms with Crippen LogP contribution in [0, 0.1) is 17.2 Å². The number of nitrogens with one attached hydrogen (secondary N) is 1. The summed E-state index contributed by atoms with van der Waals surface area (Å²) in [6.45, 7) is 1.61. The van der Waals surface area contributed by atoms with Crippen LogP contribution in [0.4, 0.5) is 0 Å². The summed E-state index contributed by atoms with van der Waals surface area (Å²) in [5.74, 6) is -1.34. The summed E-state index contributed by atoms with van der Waals surface area (Å²) >= 11 is 5.83. The summed E-state index contributed by atoms with van der Waals surface area (Å²) in [7, 11) is -3.83. The largest absolute Gasteiger partial charge is 0.481 e. The van der Waals surface area contributed by atoms with Crippen LogP contribution < -0.4 is 4.72 Å². The molecule has 0 aliphatic rings. The van der Waals surface area contributed by atoms with Crippen molar-refractivity contribution in [1.82, 2.24) is 4.72 Å². The highest BCUT2D eigenvalue weighted by atomic mass is 35.5. The van der Waals surface area contributed by atoms with Crippen LogP contribution in [0.1, 0.15) is 18.9 Å². The van der Waals surface area contributed by atoms with Crippen LogP contribution in [0.15, 0.2) is 23.1 Å². The van der Waals surface area contributed by atoms with E-state index >= 15 is 0 Å². The van der Waals surface area contributed by atoms with Gasteiger partial charge in [-0.25, -0.2) is 13.1 Å². The third-order valence-corrected chi connectivity index (χ3v) is 4.40. The third kappa shape index (κ3) is 4.49. The number of sulfonamides is 1. The van der Waals surface area contributed by atoms with Gasteiger partial charge in [0.1, 0.15) is 4.90 Å². The van der Waals surface area contributed by atoms with E-state index in [1.54, 1.807) is 6.92 Å². The zero-order chi connectivity index (χ0) is 15.3. The predicted molar refractivity (Wildman–Crippen MR) is 72.8 cm³/mol. The van der Waals surface area contributed by atoms with Crippen molar-refractivity contribution >= 4 is 27.6 Å². The molecule has 2 N–H and O–H groups in total. The molecule has 0 bridgehead atoms. The number of aliphatic carboxylic acids is 1. The summed E-state index contributed by atoms with van der Waals surface area (Å²) in [5.41, 5.74) is 0.258. The lowest BCUT2D eigenvalue weighted by Gasteiger charge is -2.12. The molecule has 1 atom stereocenters. The molecule has 1 rings (SSSR count). The first kappa shape index (κ1) is 16.4. The average molecular weight is 317 g/mol. The molecule has 0 spiro atoms. The Morgan fingerprint density at radius 3 is 2.70 bits per heavy atom. The summed E-state index contributed by atoms with van der Waals surface area (Å²) in [5, 5.41) is 17.2. The van der Waals surface area contributed by atoms with Crippen molar-refractivity contribution in [3.63, 3.8) is 0 Å². The average Bonchev–Trinajstić information content (AvgIpc) is 2.35. The van der Waals surface area contributed by atoms with Gasteiger partial charge in [0.25, 0.3) is 0 Å². The highest BCUT2D eigenvalue weighted by molar-refractivity contribution is 7.89. The van der Waals surface area contributed by atoms with E-state index in [2.05, 4.69) is 4.72 Å². The fourth-order valence-corrected chi connectivity index (χ4v) is 3.20. The van der Waals surface area contributed by atoms with Crippen molar-refractivity contribution in [1.29, 1.82) is 5.26 Å². The summed E-state index contributed by atoms with van der Waals surface area (Å²) in [6, 6.07) is 5.70. The van der Waals surface area contributed by atoms with Crippen LogP contribution in [-0.4, -0.2) is 26.0 Å². The van der Waals surface area contributed by atoms with Gasteiger partial charge in [0.05, 0.1) is 16.7 Å². The summed E-state index contributed by atoms with van der Waals surface area (Å²) < 4.78 is 26.3. The number of nitriles is 1. The SMILES string of the molecule is CC(CNS(=O)(=O)c1ccc(C#N)cc1Cl)CC(=O)O. The Morgan fingerprint density at radius 2 is 2.20 bits per heavy atom. The van der Waals surface area contributed by atoms with Crippen LogP contribution >= 0.6 is 11.6 Å². The van der Waals surface area contributed by atoms with E-state index in [1.165, 1.54) is 18.2 Å². The molecule has 108 valence electrons. The monoisotopic (exact) mass is 316 g/mol. The zero-order valence-corrected chi connectivity index (χ0v) is 12.2. The molecule has 6 nitrogen and oxygen atoms in total. The van der Waals surface area contributed by atoms with Crippen molar-refractivity contribution in [2.45, 2.75) is 18.2 Å². The minimum absolute atomic E-state index is 0.00896. The first-order chi connectivity index (χ1) is 9.26. The smallest absolute Gasteiger partial charge is 0.303 e. The molecule has 0 aliphatic heterocycles. The number of carboxylic acid groups (broad SMARTS) is 1. The molecule has 0 saturated heterocycles. The van der Waals surface area contributed by atoms with E-state index < -0.39 is 16.0 Å². The van der Waals surface area contributed by atoms with Gasteiger partial charge in [-0.05, 0) is 24.1 Å². The maximum Gasteiger partial charge on any atom is 0.303 e. The molecule has 1 aromatic rings. The molecule has 8 heteroatoms. The van der Waals surface area contributed by atoms with Crippen LogP contribution in [0.25, 0.3) is 0 Å². The minimum atomic E-state index is -3.83. The fraction of sp³-hybridized carbons (Fsp3) is 0.333. The maximum atomic E-state index is 12.0. The summed E-state index contributed by atoms with van der Waals surface area (Å²) in [4.78, 5) is 10.4. The van der Waals surface area contributed by atoms with Crippen molar-refractivity contribution in [3.8, 4) is 6.07 Å². The van der Waals surface area contributed by atoms with Crippen molar-refractivity contribution in [2.75, 3.05) is 6.54 Å². The highest BCUT2D eigenvalue weighted by Gasteiger charge is 2.19. The second-order valence-corrected chi connectivity index (χ2v) is 6.45. The highest BCUT2D eigenvalue weighted by Crippen LogP contribution is 2.22. The Balaban J connectivity index is 2.85. The number of benzene rings is 1. The first-order valence-corrected chi connectivity index (χ1v) is 7.53. The number of nitrogens with zero attached hydrogens (tertiary/aromatic N) is 1. The quantitative estimate of drug-likeness (QED) is 0.829. The number of carboxylic acids is 1. The number of halogens is 1. The lowest BCUT2D eigenvalue weighted by Crippen LogP contribution is -2.29. The Bertz CT molecular complexity index is 652. The molecular weight excluding hydrogens is 304 g/mol. The van der Waals surface area contributed by atoms with Crippen LogP contribution in [0.5, 0.6) is 0 Å². The second kappa shape index (κ2) is 6.70. The van der Waals surface area contributed by atoms with Crippen LogP contribution in [0.3, 0.4) is 0 Å². The molecule has 0 radical (unpaired) electrons. The van der Waals surface area contributed by atoms with Gasteiger partial charge >= 0.3 is 5.97 Å². The van der Waals surface area contributed by atoms with Gasteiger partial charge < -0.3 is 5.11 Å². The molecular formula is C12H13ClN2O4S. The zero-order valence-electron chi connectivity index (χ0n) is 10.6. The maximum absolute atomic E-state index is 12.0. The van der Waals surface area contributed by atoms with Crippen molar-refractivity contribution in [3.05, 3.63) is 28.8 Å². The number of rotatable bonds is 6. The molecule has 1 unspecified atom stereocenters. The Morgan fingerprint density at radius 1 is 1.55 bits per heavy atom. The lowest BCUT2D eigenvalue weighted by atomic mass is 10.1. The second-order valence-electron chi connectivity index (χ2n) is 4.31. The number of hydrogen-bond acceptors (Lipinski definition) is 4. The van der Waals surface area contributed by atoms with Gasteiger partial charge in [0, 0.05) is 13.0 Å². The van der Waals surface area contributed by atoms with Gasteiger partial charge in [-0.3, -0.25) is 4.79 Å². The molecule has 0 heterocycles. The third-order valence-electron chi connectivity index (χ3n) is 2.50. The first-order valence-electron chi connectivity index (χ1n) is 5.67. The molecule has 0 aliphatic carbocycles. The van der Waals surface area contributed by atoms with Crippen molar-refractivity contribution < 1.29 is 18.3 Å². The fourth-order valence-electron chi connectivity index (χ4n) is 1.49. The Hall–Kier alpha value is -1.62. The lowest BCUT2D eigenvalue weighted by molar-refractivity contribution is -0.137. The van der Waals surface area contributed by atoms with Gasteiger partial charge in [-0.1, -0.05) is 18.5 Å². The van der Waals surface area contributed by atoms with Gasteiger partial charge in [0.2, 0.25) is 10.0 Å². The normalized spacial score (nSPS) is 12.7. The van der Waals surface area contributed by atoms with Crippen LogP contribution in [0.2, 0.25) is 5.02 Å². The van der Waals surface area contributed by atoms with E-state index in [4.69, 9.17) is 22.0 Å². The van der Waals surface area contributed by atoms with E-state index in [9.17, 15) is 13.2 Å². The predicted octanol–water partition coefficient (Wildman–Crippen LogP) is 1.60. The van der Waals surface area contributed by atoms with Crippen molar-refractivity contribution in [2.24, 2.45) is 5.92 Å². The molecule has 0 saturated carbocycles. The molecule has 1 aromatic carbocycles. The van der Waals surface area contributed by atoms with Crippen LogP contribution in [-0.2, 0) is 14.8 Å². The minimum Gasteiger partial charge on any atom is -0.481 e. The summed E-state index contributed by atoms with van der Waals surface area (Å²) in [6.07, 6.45) is -0.135. The molecule has 0 aromatic heterocycles. The van der Waals surface area contributed by atoms with Gasteiger partial charge in [0.15, 0.2) is 0 Å². The van der Waals surface area contributed by atoms with E-state index in [0.29, 0.717) is 0 Å². The van der Waals surface area contributed by atoms with Gasteiger partial charge in [-0.15, -0.1) is 0 Å². The number of carbonyl (C=O) groups is 1. The Kier molecular flexibility index (Phi) is 5.51. The standard InChI is InChI=1S/C12H13ClN2O4S/c1-8(4-12(16)17)7-15-20(18,19)11-3-2-9(6-14)5-10(11)13/h2-3,5,8,15H,4,7H2,1H3,(H,16,17). The van der Waals surface area contributed by atoms with E-state index in [1.807, 2.05) is 6.07 Å². The molecule has 0 amide bonds. The van der Waals surface area contributed by atoms with E-state index in [0.717, 1.165) is 0 Å². The topological polar surface area (TPSA) is 107 Å². The molecule has 0 fully saturated rings. The Labute approximate surface area is 122 Å². The molecule has 20 heavy (non-hydrogen) atoms.